The predicted octanol–water partition coefficient (Wildman–Crippen LogP) is -0.313. The van der Waals surface area contributed by atoms with E-state index in [0.29, 0.717) is 5.69 Å². The molecule has 1 aromatic heterocycles. The summed E-state index contributed by atoms with van der Waals surface area (Å²) in [6, 6.07) is 6.56. The molecule has 11 nitrogen and oxygen atoms in total. The number of hydrogen-bond donors (Lipinski definition) is 3. The van der Waals surface area contributed by atoms with Gasteiger partial charge in [-0.25, -0.2) is 0 Å². The Hall–Kier alpha value is -4.09. The number of ketones is 5. The number of benzene rings is 1. The van der Waals surface area contributed by atoms with Crippen molar-refractivity contribution >= 4 is 34.8 Å². The van der Waals surface area contributed by atoms with Crippen molar-refractivity contribution in [2.75, 3.05) is 14.1 Å². The highest BCUT2D eigenvalue weighted by Crippen LogP contribution is 2.51. The summed E-state index contributed by atoms with van der Waals surface area (Å²) < 4.78 is 0. The van der Waals surface area contributed by atoms with Gasteiger partial charge in [-0.05, 0) is 62.7 Å². The van der Waals surface area contributed by atoms with Gasteiger partial charge in [-0.2, -0.15) is 0 Å². The van der Waals surface area contributed by atoms with Crippen LogP contribution < -0.4 is 5.73 Å². The molecule has 1 aromatic carbocycles. The fourth-order valence-corrected chi connectivity index (χ4v) is 6.63. The Morgan fingerprint density at radius 3 is 2.44 bits per heavy atom. The summed E-state index contributed by atoms with van der Waals surface area (Å²) in [7, 11) is 3.03. The van der Waals surface area contributed by atoms with Gasteiger partial charge in [0.05, 0.1) is 23.9 Å². The van der Waals surface area contributed by atoms with Gasteiger partial charge in [0.2, 0.25) is 5.91 Å². The number of aromatic hydroxyl groups is 1. The van der Waals surface area contributed by atoms with E-state index in [-0.39, 0.29) is 41.7 Å². The van der Waals surface area contributed by atoms with Gasteiger partial charge in [0.25, 0.3) is 0 Å². The summed E-state index contributed by atoms with van der Waals surface area (Å²) in [5, 5.41) is 22.2. The van der Waals surface area contributed by atoms with Crippen LogP contribution in [0.25, 0.3) is 0 Å². The lowest BCUT2D eigenvalue weighted by atomic mass is 9.52. The second-order valence-electron chi connectivity index (χ2n) is 10.7. The highest BCUT2D eigenvalue weighted by molar-refractivity contribution is 6.32. The number of nitrogens with two attached hydrogens (primary N) is 1. The second-order valence-corrected chi connectivity index (χ2v) is 10.7. The van der Waals surface area contributed by atoms with Gasteiger partial charge in [-0.15, -0.1) is 0 Å². The summed E-state index contributed by atoms with van der Waals surface area (Å²) in [6.45, 7) is 0. The van der Waals surface area contributed by atoms with Gasteiger partial charge in [-0.1, -0.05) is 6.07 Å². The molecular formula is C28H27N3O8. The molecule has 1 heterocycles. The molecule has 0 saturated heterocycles. The molecule has 0 bridgehead atoms. The largest absolute Gasteiger partial charge is 0.507 e. The van der Waals surface area contributed by atoms with Gasteiger partial charge in [0, 0.05) is 23.4 Å². The Balaban J connectivity index is 1.59. The summed E-state index contributed by atoms with van der Waals surface area (Å²) in [5.74, 6) is -11.7. The lowest BCUT2D eigenvalue weighted by Gasteiger charge is -2.52. The van der Waals surface area contributed by atoms with Crippen molar-refractivity contribution in [3.63, 3.8) is 0 Å². The van der Waals surface area contributed by atoms with Crippen LogP contribution >= 0.6 is 0 Å². The zero-order valence-electron chi connectivity index (χ0n) is 21.3. The normalized spacial score (nSPS) is 30.0. The van der Waals surface area contributed by atoms with Crippen molar-refractivity contribution in [3.8, 4) is 5.75 Å². The number of Topliss-reactive ketones (excluding diaryl/α,β-unsaturated/α-hetero) is 5. The number of nitrogens with zero attached hydrogens (tertiary/aromatic N) is 2. The molecule has 5 rings (SSSR count). The monoisotopic (exact) mass is 533 g/mol. The minimum atomic E-state index is -2.79. The fraction of sp³-hybridized carbons (Fsp3) is 0.393. The van der Waals surface area contributed by atoms with Crippen molar-refractivity contribution in [2.24, 2.45) is 29.4 Å². The van der Waals surface area contributed by atoms with Crippen molar-refractivity contribution < 1.29 is 39.0 Å². The number of likely N-dealkylation sites (N-methyl/N-ethyl adjacent to an activating group) is 1. The summed E-state index contributed by atoms with van der Waals surface area (Å²) >= 11 is 0. The predicted molar refractivity (Wildman–Crippen MR) is 134 cm³/mol. The van der Waals surface area contributed by atoms with Gasteiger partial charge in [0.1, 0.15) is 5.75 Å². The molecule has 2 aromatic rings. The topological polar surface area (TPSA) is 185 Å². The average molecular weight is 534 g/mol. The Morgan fingerprint density at radius 1 is 1.10 bits per heavy atom. The van der Waals surface area contributed by atoms with E-state index in [0.717, 1.165) is 0 Å². The van der Waals surface area contributed by atoms with E-state index in [9.17, 15) is 39.0 Å². The molecule has 202 valence electrons. The number of hydrogen-bond acceptors (Lipinski definition) is 10. The van der Waals surface area contributed by atoms with E-state index < -0.39 is 70.1 Å². The van der Waals surface area contributed by atoms with E-state index in [1.807, 2.05) is 0 Å². The third kappa shape index (κ3) is 3.83. The van der Waals surface area contributed by atoms with Crippen LogP contribution in [0, 0.1) is 23.7 Å². The number of phenolic OH excluding ortho intramolecular Hbond substituents is 1. The maximum absolute atomic E-state index is 13.8. The number of fused-ring (bicyclic) bond motifs is 3. The fourth-order valence-electron chi connectivity index (χ4n) is 6.63. The third-order valence-corrected chi connectivity index (χ3v) is 8.31. The van der Waals surface area contributed by atoms with Crippen LogP contribution in [0.15, 0.2) is 36.5 Å². The van der Waals surface area contributed by atoms with Crippen molar-refractivity contribution in [2.45, 2.75) is 30.9 Å². The summed E-state index contributed by atoms with van der Waals surface area (Å²) in [6.07, 6.45) is 1.42. The van der Waals surface area contributed by atoms with Gasteiger partial charge in [0.15, 0.2) is 40.4 Å². The highest BCUT2D eigenvalue weighted by atomic mass is 16.3. The number of pyridine rings is 1. The molecule has 3 aliphatic rings. The number of phenols is 1. The van der Waals surface area contributed by atoms with Gasteiger partial charge >= 0.3 is 0 Å². The summed E-state index contributed by atoms with van der Waals surface area (Å²) in [5.41, 5.74) is 3.29. The SMILES string of the molecule is CN(C)[C@H]1C(=O)C(C(N)=O)C(=O)[C@]2(O)C(=O)C3C(=O)c4c(O)ccc(C(=O)Cc5ccccn5)c4C[C@@H]3C[C@H]12. The maximum atomic E-state index is 13.8. The average Bonchev–Trinajstić information content (AvgIpc) is 2.86. The van der Waals surface area contributed by atoms with Crippen molar-refractivity contribution in [1.82, 2.24) is 9.88 Å². The molecule has 2 unspecified atom stereocenters. The molecule has 2 fully saturated rings. The molecule has 1 amide bonds. The first kappa shape index (κ1) is 26.5. The van der Waals surface area contributed by atoms with Crippen LogP contribution in [-0.4, -0.2) is 80.7 Å². The molecule has 11 heteroatoms. The molecule has 3 aliphatic carbocycles. The molecule has 0 aliphatic heterocycles. The lowest BCUT2D eigenvalue weighted by Crippen LogP contribution is -2.74. The quantitative estimate of drug-likeness (QED) is 0.340. The minimum absolute atomic E-state index is 0.0174. The van der Waals surface area contributed by atoms with E-state index in [1.54, 1.807) is 24.4 Å². The Kier molecular flexibility index (Phi) is 6.31. The maximum Gasteiger partial charge on any atom is 0.235 e. The van der Waals surface area contributed by atoms with E-state index in [4.69, 9.17) is 5.73 Å². The standard InChI is InChI=1S/C28H27N3O8/c1-31(2)22-16-10-12-9-15-14(18(33)11-13-5-3-4-8-30-13)6-7-17(32)20(15)23(34)19(12)25(36)28(16,39)26(37)21(24(22)35)27(29)38/h3-8,12,16,19,21-22,32,39H,9-11H2,1-2H3,(H2,29,38)/t12-,16-,19?,21?,22-,28-/m1/s1. The van der Waals surface area contributed by atoms with Crippen LogP contribution in [0.1, 0.15) is 38.4 Å². The minimum Gasteiger partial charge on any atom is -0.507 e. The van der Waals surface area contributed by atoms with Crippen LogP contribution in [0.2, 0.25) is 0 Å². The van der Waals surface area contributed by atoms with Gasteiger partial charge < -0.3 is 15.9 Å². The number of amides is 1. The summed E-state index contributed by atoms with van der Waals surface area (Å²) in [4.78, 5) is 84.9. The van der Waals surface area contributed by atoms with E-state index >= 15 is 0 Å². The van der Waals surface area contributed by atoms with Crippen LogP contribution in [0.3, 0.4) is 0 Å². The molecule has 2 saturated carbocycles. The zero-order chi connectivity index (χ0) is 28.4. The highest BCUT2D eigenvalue weighted by Gasteiger charge is 2.69. The number of aliphatic hydroxyl groups is 1. The van der Waals surface area contributed by atoms with Crippen LogP contribution in [-0.2, 0) is 32.0 Å². The first-order valence-corrected chi connectivity index (χ1v) is 12.5. The molecule has 0 radical (unpaired) electrons. The number of aromatic nitrogens is 1. The van der Waals surface area contributed by atoms with Gasteiger partial charge in [-0.3, -0.25) is 38.7 Å². The molecular weight excluding hydrogens is 506 g/mol. The smallest absolute Gasteiger partial charge is 0.235 e. The van der Waals surface area contributed by atoms with Crippen molar-refractivity contribution in [3.05, 3.63) is 58.9 Å². The van der Waals surface area contributed by atoms with Crippen LogP contribution in [0.4, 0.5) is 0 Å². The second kappa shape index (κ2) is 9.28. The Morgan fingerprint density at radius 2 is 1.82 bits per heavy atom. The van der Waals surface area contributed by atoms with E-state index in [2.05, 4.69) is 4.98 Å². The molecule has 6 atom stereocenters. The first-order chi connectivity index (χ1) is 18.4. The molecule has 4 N–H and O–H groups in total. The lowest BCUT2D eigenvalue weighted by molar-refractivity contribution is -0.181. The third-order valence-electron chi connectivity index (χ3n) is 8.31. The Bertz CT molecular complexity index is 1450. The number of rotatable bonds is 5. The zero-order valence-corrected chi connectivity index (χ0v) is 21.3. The number of primary amides is 1. The number of carbonyl (C=O) groups is 6. The molecule has 0 spiro atoms. The Labute approximate surface area is 223 Å². The van der Waals surface area contributed by atoms with Crippen molar-refractivity contribution in [1.29, 1.82) is 0 Å². The molecule has 39 heavy (non-hydrogen) atoms. The number of carbonyl (C=O) groups excluding carboxylic acids is 6. The first-order valence-electron chi connectivity index (χ1n) is 12.5. The van der Waals surface area contributed by atoms with E-state index in [1.165, 1.54) is 31.1 Å². The van der Waals surface area contributed by atoms with Crippen LogP contribution in [0.5, 0.6) is 5.75 Å².